The molecule has 1 aromatic heterocycles. The summed E-state index contributed by atoms with van der Waals surface area (Å²) in [6.45, 7) is 0. The number of benzene rings is 1. The van der Waals surface area contributed by atoms with Crippen LogP contribution in [0.5, 0.6) is 0 Å². The average molecular weight is 263 g/mol. The molecule has 0 spiro atoms. The van der Waals surface area contributed by atoms with Gasteiger partial charge in [-0.1, -0.05) is 41.9 Å². The van der Waals surface area contributed by atoms with Gasteiger partial charge in [-0.3, -0.25) is 4.79 Å². The van der Waals surface area contributed by atoms with Crippen LogP contribution in [0.25, 0.3) is 0 Å². The van der Waals surface area contributed by atoms with Gasteiger partial charge in [-0.2, -0.15) is 0 Å². The molecule has 0 saturated carbocycles. The normalized spacial score (nSPS) is 11.9. The van der Waals surface area contributed by atoms with Gasteiger partial charge in [0.15, 0.2) is 11.0 Å². The van der Waals surface area contributed by atoms with Crippen LogP contribution in [0.3, 0.4) is 0 Å². The minimum atomic E-state index is -0.747. The Morgan fingerprint density at radius 1 is 1.17 bits per heavy atom. The summed E-state index contributed by atoms with van der Waals surface area (Å²) in [7, 11) is 0. The summed E-state index contributed by atoms with van der Waals surface area (Å²) in [5.41, 5.74) is 6.56. The van der Waals surface area contributed by atoms with E-state index < -0.39 is 6.04 Å². The van der Waals surface area contributed by atoms with Crippen molar-refractivity contribution in [3.63, 3.8) is 0 Å². The topological polar surface area (TPSA) is 80.9 Å². The number of rotatable bonds is 3. The minimum absolute atomic E-state index is 0.264. The molecule has 18 heavy (non-hydrogen) atoms. The predicted molar refractivity (Wildman–Crippen MR) is 69.0 cm³/mol. The highest BCUT2D eigenvalue weighted by Crippen LogP contribution is 2.12. The maximum Gasteiger partial charge on any atom is 0.247 e. The molecular weight excluding hydrogens is 252 g/mol. The first kappa shape index (κ1) is 12.5. The molecule has 1 heterocycles. The Balaban J connectivity index is 2.06. The van der Waals surface area contributed by atoms with Gasteiger partial charge in [0.25, 0.3) is 0 Å². The van der Waals surface area contributed by atoms with E-state index >= 15 is 0 Å². The minimum Gasteiger partial charge on any atom is -0.316 e. The quantitative estimate of drug-likeness (QED) is 0.883. The van der Waals surface area contributed by atoms with Crippen molar-refractivity contribution in [3.05, 3.63) is 53.2 Å². The monoisotopic (exact) mass is 262 g/mol. The van der Waals surface area contributed by atoms with Crippen LogP contribution in [-0.4, -0.2) is 16.1 Å². The standard InChI is InChI=1S/C12H11ClN4O/c13-9-6-7-10(17-16-9)15-12(18)11(14)8-4-2-1-3-5-8/h1-7,11H,14H2,(H,15,17,18). The molecule has 2 rings (SSSR count). The lowest BCUT2D eigenvalue weighted by atomic mass is 10.1. The molecule has 1 unspecified atom stereocenters. The Bertz CT molecular complexity index is 530. The summed E-state index contributed by atoms with van der Waals surface area (Å²) >= 11 is 5.60. The summed E-state index contributed by atoms with van der Waals surface area (Å²) in [6, 6.07) is 11.4. The number of nitrogens with two attached hydrogens (primary N) is 1. The summed E-state index contributed by atoms with van der Waals surface area (Å²) in [4.78, 5) is 11.9. The molecule has 0 saturated heterocycles. The number of hydrogen-bond acceptors (Lipinski definition) is 4. The van der Waals surface area contributed by atoms with E-state index in [1.54, 1.807) is 18.2 Å². The largest absolute Gasteiger partial charge is 0.316 e. The summed E-state index contributed by atoms with van der Waals surface area (Å²) in [5, 5.41) is 10.2. The second-order valence-corrected chi connectivity index (χ2v) is 4.01. The predicted octanol–water partition coefficient (Wildman–Crippen LogP) is 1.77. The number of carbonyl (C=O) groups excluding carboxylic acids is 1. The van der Waals surface area contributed by atoms with Gasteiger partial charge in [0.05, 0.1) is 0 Å². The fourth-order valence-electron chi connectivity index (χ4n) is 1.40. The van der Waals surface area contributed by atoms with Gasteiger partial charge in [-0.05, 0) is 17.7 Å². The third-order valence-corrected chi connectivity index (χ3v) is 2.53. The van der Waals surface area contributed by atoms with Crippen LogP contribution < -0.4 is 11.1 Å². The molecule has 1 atom stereocenters. The molecule has 1 amide bonds. The van der Waals surface area contributed by atoms with Crippen molar-refractivity contribution in [2.45, 2.75) is 6.04 Å². The lowest BCUT2D eigenvalue weighted by Crippen LogP contribution is -2.28. The first-order valence-corrected chi connectivity index (χ1v) is 5.65. The molecule has 6 heteroatoms. The van der Waals surface area contributed by atoms with Crippen LogP contribution in [0.1, 0.15) is 11.6 Å². The van der Waals surface area contributed by atoms with Crippen molar-refractivity contribution >= 4 is 23.3 Å². The second-order valence-electron chi connectivity index (χ2n) is 3.62. The van der Waals surface area contributed by atoms with E-state index in [1.165, 1.54) is 6.07 Å². The van der Waals surface area contributed by atoms with Gasteiger partial charge in [0.1, 0.15) is 6.04 Å². The van der Waals surface area contributed by atoms with Crippen molar-refractivity contribution < 1.29 is 4.79 Å². The first-order chi connectivity index (χ1) is 8.66. The molecule has 3 N–H and O–H groups in total. The summed E-state index contributed by atoms with van der Waals surface area (Å²) in [5.74, 6) is -0.0337. The number of anilines is 1. The van der Waals surface area contributed by atoms with Crippen LogP contribution in [-0.2, 0) is 4.79 Å². The molecule has 5 nitrogen and oxygen atoms in total. The van der Waals surface area contributed by atoms with Crippen molar-refractivity contribution in [1.29, 1.82) is 0 Å². The number of carbonyl (C=O) groups is 1. The third-order valence-electron chi connectivity index (χ3n) is 2.32. The Morgan fingerprint density at radius 3 is 2.50 bits per heavy atom. The second kappa shape index (κ2) is 5.57. The van der Waals surface area contributed by atoms with E-state index in [9.17, 15) is 4.79 Å². The van der Waals surface area contributed by atoms with Crippen molar-refractivity contribution in [3.8, 4) is 0 Å². The van der Waals surface area contributed by atoms with Gasteiger partial charge < -0.3 is 11.1 Å². The lowest BCUT2D eigenvalue weighted by molar-refractivity contribution is -0.117. The molecule has 0 radical (unpaired) electrons. The molecule has 92 valence electrons. The van der Waals surface area contributed by atoms with Crippen LogP contribution in [0.15, 0.2) is 42.5 Å². The highest BCUT2D eigenvalue weighted by Gasteiger charge is 2.15. The van der Waals surface area contributed by atoms with Crippen molar-refractivity contribution in [2.24, 2.45) is 5.73 Å². The SMILES string of the molecule is NC(C(=O)Nc1ccc(Cl)nn1)c1ccccc1. The number of hydrogen-bond donors (Lipinski definition) is 2. The van der Waals surface area contributed by atoms with Gasteiger partial charge >= 0.3 is 0 Å². The Morgan fingerprint density at radius 2 is 1.89 bits per heavy atom. The molecule has 0 aliphatic heterocycles. The van der Waals surface area contributed by atoms with Gasteiger partial charge in [-0.15, -0.1) is 10.2 Å². The average Bonchev–Trinajstić information content (AvgIpc) is 2.41. The molecule has 1 aromatic carbocycles. The highest BCUT2D eigenvalue weighted by molar-refractivity contribution is 6.29. The maximum atomic E-state index is 11.9. The van der Waals surface area contributed by atoms with E-state index in [1.807, 2.05) is 18.2 Å². The fourth-order valence-corrected chi connectivity index (χ4v) is 1.50. The Hall–Kier alpha value is -1.98. The van der Waals surface area contributed by atoms with E-state index in [0.717, 1.165) is 5.56 Å². The summed E-state index contributed by atoms with van der Waals surface area (Å²) < 4.78 is 0. The Kier molecular flexibility index (Phi) is 3.86. The number of nitrogens with one attached hydrogen (secondary N) is 1. The fraction of sp³-hybridized carbons (Fsp3) is 0.0833. The zero-order valence-electron chi connectivity index (χ0n) is 9.38. The van der Waals surface area contributed by atoms with Crippen LogP contribution in [0, 0.1) is 0 Å². The van der Waals surface area contributed by atoms with Crippen molar-refractivity contribution in [1.82, 2.24) is 10.2 Å². The maximum absolute atomic E-state index is 11.9. The number of aromatic nitrogens is 2. The summed E-state index contributed by atoms with van der Waals surface area (Å²) in [6.07, 6.45) is 0. The molecular formula is C12H11ClN4O. The van der Waals surface area contributed by atoms with Gasteiger partial charge in [-0.25, -0.2) is 0 Å². The molecule has 0 aliphatic rings. The molecule has 0 bridgehead atoms. The highest BCUT2D eigenvalue weighted by atomic mass is 35.5. The third kappa shape index (κ3) is 3.03. The zero-order valence-corrected chi connectivity index (χ0v) is 10.1. The van der Waals surface area contributed by atoms with Crippen LogP contribution >= 0.6 is 11.6 Å². The van der Waals surface area contributed by atoms with Gasteiger partial charge in [0.2, 0.25) is 5.91 Å². The first-order valence-electron chi connectivity index (χ1n) is 5.27. The lowest BCUT2D eigenvalue weighted by Gasteiger charge is -2.11. The molecule has 0 aliphatic carbocycles. The number of nitrogens with zero attached hydrogens (tertiary/aromatic N) is 2. The van der Waals surface area contributed by atoms with Crippen LogP contribution in [0.4, 0.5) is 5.82 Å². The smallest absolute Gasteiger partial charge is 0.247 e. The zero-order chi connectivity index (χ0) is 13.0. The van der Waals surface area contributed by atoms with Gasteiger partial charge in [0, 0.05) is 0 Å². The molecule has 0 fully saturated rings. The van der Waals surface area contributed by atoms with Crippen molar-refractivity contribution in [2.75, 3.05) is 5.32 Å². The van der Waals surface area contributed by atoms with E-state index in [0.29, 0.717) is 5.82 Å². The number of halogens is 1. The van der Waals surface area contributed by atoms with E-state index in [2.05, 4.69) is 15.5 Å². The Labute approximate surface area is 109 Å². The van der Waals surface area contributed by atoms with Crippen LogP contribution in [0.2, 0.25) is 5.15 Å². The van der Waals surface area contributed by atoms with E-state index in [-0.39, 0.29) is 11.1 Å². The number of amides is 1. The molecule has 2 aromatic rings. The van der Waals surface area contributed by atoms with E-state index in [4.69, 9.17) is 17.3 Å².